The van der Waals surface area contributed by atoms with Gasteiger partial charge in [0.1, 0.15) is 10.8 Å². The summed E-state index contributed by atoms with van der Waals surface area (Å²) in [4.78, 5) is 4.90. The van der Waals surface area contributed by atoms with Crippen molar-refractivity contribution in [3.05, 3.63) is 29.5 Å². The lowest BCUT2D eigenvalue weighted by Crippen LogP contribution is -2.04. The highest BCUT2D eigenvalue weighted by Gasteiger charge is 2.21. The number of anilines is 1. The first-order valence-corrected chi connectivity index (χ1v) is 7.93. The summed E-state index contributed by atoms with van der Waals surface area (Å²) in [5.74, 6) is 1.00. The van der Waals surface area contributed by atoms with E-state index in [2.05, 4.69) is 53.2 Å². The Bertz CT molecular complexity index is 798. The van der Waals surface area contributed by atoms with Crippen molar-refractivity contribution in [2.45, 2.75) is 33.7 Å². The molecular formula is C16H20N4S. The standard InChI is InChI=1S/C16H20N4S/c1-9(2)20-13-7-6-10(3)8-12(13)18-15(20)14-11(4)19-21-16(14)17-5/h6-9,17H,1-5H3. The third-order valence-corrected chi connectivity index (χ3v) is 4.63. The monoisotopic (exact) mass is 300 g/mol. The summed E-state index contributed by atoms with van der Waals surface area (Å²) in [6, 6.07) is 6.79. The van der Waals surface area contributed by atoms with Crippen molar-refractivity contribution in [1.82, 2.24) is 13.9 Å². The van der Waals surface area contributed by atoms with Crippen molar-refractivity contribution >= 4 is 27.6 Å². The van der Waals surface area contributed by atoms with Gasteiger partial charge in [-0.3, -0.25) is 0 Å². The van der Waals surface area contributed by atoms with Gasteiger partial charge in [0, 0.05) is 13.1 Å². The van der Waals surface area contributed by atoms with Crippen molar-refractivity contribution in [3.8, 4) is 11.4 Å². The lowest BCUT2D eigenvalue weighted by Gasteiger charge is -2.13. The van der Waals surface area contributed by atoms with Crippen LogP contribution in [0.3, 0.4) is 0 Å². The summed E-state index contributed by atoms with van der Waals surface area (Å²) in [7, 11) is 1.93. The van der Waals surface area contributed by atoms with Gasteiger partial charge in [-0.25, -0.2) is 4.98 Å². The molecule has 0 fully saturated rings. The molecule has 0 saturated carbocycles. The van der Waals surface area contributed by atoms with Crippen LogP contribution in [0.2, 0.25) is 0 Å². The molecule has 3 rings (SSSR count). The Morgan fingerprint density at radius 2 is 2.00 bits per heavy atom. The minimum absolute atomic E-state index is 0.344. The number of hydrogen-bond donors (Lipinski definition) is 1. The topological polar surface area (TPSA) is 42.7 Å². The van der Waals surface area contributed by atoms with Gasteiger partial charge in [-0.15, -0.1) is 0 Å². The smallest absolute Gasteiger partial charge is 0.146 e. The molecular weight excluding hydrogens is 280 g/mol. The zero-order chi connectivity index (χ0) is 15.1. The number of imidazole rings is 1. The van der Waals surface area contributed by atoms with Crippen molar-refractivity contribution in [3.63, 3.8) is 0 Å². The molecule has 2 heterocycles. The van der Waals surface area contributed by atoms with E-state index in [4.69, 9.17) is 4.98 Å². The molecule has 0 aliphatic rings. The van der Waals surface area contributed by atoms with Crippen molar-refractivity contribution in [2.24, 2.45) is 0 Å². The highest BCUT2D eigenvalue weighted by molar-refractivity contribution is 7.10. The number of aromatic nitrogens is 3. The lowest BCUT2D eigenvalue weighted by molar-refractivity contribution is 0.624. The molecule has 0 radical (unpaired) electrons. The molecule has 4 nitrogen and oxygen atoms in total. The predicted octanol–water partition coefficient (Wildman–Crippen LogP) is 4.40. The van der Waals surface area contributed by atoms with E-state index in [1.807, 2.05) is 14.0 Å². The maximum atomic E-state index is 4.90. The van der Waals surface area contributed by atoms with Crippen LogP contribution in [0.5, 0.6) is 0 Å². The predicted molar refractivity (Wildman–Crippen MR) is 90.2 cm³/mol. The van der Waals surface area contributed by atoms with Crippen LogP contribution in [0.15, 0.2) is 18.2 Å². The Hall–Kier alpha value is -1.88. The molecule has 0 spiro atoms. The second-order valence-electron chi connectivity index (χ2n) is 5.61. The van der Waals surface area contributed by atoms with E-state index < -0.39 is 0 Å². The van der Waals surface area contributed by atoms with Crippen LogP contribution in [-0.2, 0) is 0 Å². The summed E-state index contributed by atoms with van der Waals surface area (Å²) in [5.41, 5.74) is 5.60. The van der Waals surface area contributed by atoms with E-state index in [1.54, 1.807) is 0 Å². The zero-order valence-electron chi connectivity index (χ0n) is 13.1. The Kier molecular flexibility index (Phi) is 3.45. The Balaban J connectivity index is 2.36. The molecule has 2 aromatic heterocycles. The molecule has 0 saturated heterocycles. The van der Waals surface area contributed by atoms with Gasteiger partial charge >= 0.3 is 0 Å². The SMILES string of the molecule is CNc1snc(C)c1-c1nc2cc(C)ccc2n1C(C)C. The first kappa shape index (κ1) is 14.1. The molecule has 0 atom stereocenters. The van der Waals surface area contributed by atoms with Gasteiger partial charge in [-0.05, 0) is 56.9 Å². The highest BCUT2D eigenvalue weighted by Crippen LogP contribution is 2.37. The van der Waals surface area contributed by atoms with Crippen molar-refractivity contribution < 1.29 is 0 Å². The first-order chi connectivity index (χ1) is 10.0. The molecule has 1 aromatic carbocycles. The average Bonchev–Trinajstić information content (AvgIpc) is 2.97. The normalized spacial score (nSPS) is 11.5. The molecule has 0 unspecified atom stereocenters. The Morgan fingerprint density at radius 3 is 2.67 bits per heavy atom. The summed E-state index contributed by atoms with van der Waals surface area (Å²) >= 11 is 1.49. The van der Waals surface area contributed by atoms with E-state index >= 15 is 0 Å². The van der Waals surface area contributed by atoms with Crippen molar-refractivity contribution in [2.75, 3.05) is 12.4 Å². The van der Waals surface area contributed by atoms with E-state index in [0.29, 0.717) is 6.04 Å². The van der Waals surface area contributed by atoms with Gasteiger partial charge in [-0.1, -0.05) is 6.07 Å². The average molecular weight is 300 g/mol. The fourth-order valence-corrected chi connectivity index (χ4v) is 3.45. The first-order valence-electron chi connectivity index (χ1n) is 7.16. The minimum atomic E-state index is 0.344. The van der Waals surface area contributed by atoms with Gasteiger partial charge in [-0.2, -0.15) is 4.37 Å². The van der Waals surface area contributed by atoms with E-state index in [0.717, 1.165) is 27.6 Å². The Labute approximate surface area is 129 Å². The molecule has 5 heteroatoms. The number of rotatable bonds is 3. The fourth-order valence-electron chi connectivity index (χ4n) is 2.71. The van der Waals surface area contributed by atoms with Gasteiger partial charge < -0.3 is 9.88 Å². The van der Waals surface area contributed by atoms with Crippen LogP contribution in [0, 0.1) is 13.8 Å². The lowest BCUT2D eigenvalue weighted by atomic mass is 10.2. The quantitative estimate of drug-likeness (QED) is 0.779. The summed E-state index contributed by atoms with van der Waals surface area (Å²) in [6.45, 7) is 8.53. The van der Waals surface area contributed by atoms with E-state index in [-0.39, 0.29) is 0 Å². The van der Waals surface area contributed by atoms with Crippen LogP contribution in [0.25, 0.3) is 22.4 Å². The van der Waals surface area contributed by atoms with Gasteiger partial charge in [0.25, 0.3) is 0 Å². The fraction of sp³-hybridized carbons (Fsp3) is 0.375. The number of aryl methyl sites for hydroxylation is 2. The number of nitrogens with one attached hydrogen (secondary N) is 1. The number of benzene rings is 1. The number of hydrogen-bond acceptors (Lipinski definition) is 4. The van der Waals surface area contributed by atoms with Crippen LogP contribution in [0.1, 0.15) is 31.1 Å². The van der Waals surface area contributed by atoms with Gasteiger partial charge in [0.2, 0.25) is 0 Å². The van der Waals surface area contributed by atoms with Crippen LogP contribution in [0.4, 0.5) is 5.00 Å². The largest absolute Gasteiger partial charge is 0.378 e. The summed E-state index contributed by atoms with van der Waals surface area (Å²) in [6.07, 6.45) is 0. The number of fused-ring (bicyclic) bond motifs is 1. The molecule has 0 aliphatic carbocycles. The minimum Gasteiger partial charge on any atom is -0.378 e. The maximum Gasteiger partial charge on any atom is 0.146 e. The third kappa shape index (κ3) is 2.21. The molecule has 0 aliphatic heterocycles. The second-order valence-corrected chi connectivity index (χ2v) is 6.39. The third-order valence-electron chi connectivity index (χ3n) is 3.67. The highest BCUT2D eigenvalue weighted by atomic mass is 32.1. The summed E-state index contributed by atoms with van der Waals surface area (Å²) in [5, 5.41) is 4.31. The van der Waals surface area contributed by atoms with Gasteiger partial charge in [0.15, 0.2) is 0 Å². The summed E-state index contributed by atoms with van der Waals surface area (Å²) < 4.78 is 6.78. The zero-order valence-corrected chi connectivity index (χ0v) is 13.9. The van der Waals surface area contributed by atoms with Crippen molar-refractivity contribution in [1.29, 1.82) is 0 Å². The van der Waals surface area contributed by atoms with Crippen LogP contribution in [-0.4, -0.2) is 21.0 Å². The van der Waals surface area contributed by atoms with Crippen LogP contribution < -0.4 is 5.32 Å². The van der Waals surface area contributed by atoms with Gasteiger partial charge in [0.05, 0.1) is 22.3 Å². The maximum absolute atomic E-state index is 4.90. The van der Waals surface area contributed by atoms with Crippen LogP contribution >= 0.6 is 11.5 Å². The Morgan fingerprint density at radius 1 is 1.24 bits per heavy atom. The molecule has 0 bridgehead atoms. The second kappa shape index (κ2) is 5.15. The molecule has 110 valence electrons. The van der Waals surface area contributed by atoms with E-state index in [9.17, 15) is 0 Å². The number of nitrogens with zero attached hydrogens (tertiary/aromatic N) is 3. The molecule has 1 N–H and O–H groups in total. The molecule has 21 heavy (non-hydrogen) atoms. The molecule has 3 aromatic rings. The molecule has 0 amide bonds. The van der Waals surface area contributed by atoms with E-state index in [1.165, 1.54) is 22.6 Å².